The molecule has 2 aliphatic rings. The average molecular weight is 338 g/mol. The third-order valence-corrected chi connectivity index (χ3v) is 5.57. The maximum atomic E-state index is 13.1. The number of rotatable bonds is 4. The van der Waals surface area contributed by atoms with Gasteiger partial charge in [-0.15, -0.1) is 0 Å². The molecule has 2 N–H and O–H groups in total. The molecule has 1 aliphatic heterocycles. The summed E-state index contributed by atoms with van der Waals surface area (Å²) in [4.78, 5) is 14.9. The highest BCUT2D eigenvalue weighted by Crippen LogP contribution is 2.27. The Kier molecular flexibility index (Phi) is 4.57. The Hall–Kier alpha value is -2.14. The summed E-state index contributed by atoms with van der Waals surface area (Å²) in [6, 6.07) is 8.07. The van der Waals surface area contributed by atoms with E-state index in [0.717, 1.165) is 43.6 Å². The van der Waals surface area contributed by atoms with E-state index in [1.807, 2.05) is 30.1 Å². The number of aromatic amines is 1. The Morgan fingerprint density at radius 2 is 2.12 bits per heavy atom. The fourth-order valence-corrected chi connectivity index (χ4v) is 4.15. The number of H-pyrrole nitrogens is 1. The number of benzene rings is 1. The zero-order valence-electron chi connectivity index (χ0n) is 14.8. The number of carbonyl (C=O) groups is 1. The summed E-state index contributed by atoms with van der Waals surface area (Å²) in [5.41, 5.74) is 5.64. The van der Waals surface area contributed by atoms with Gasteiger partial charge >= 0.3 is 0 Å². The fraction of sp³-hybridized carbons (Fsp3) is 0.500. The molecule has 1 aromatic carbocycles. The molecule has 25 heavy (non-hydrogen) atoms. The van der Waals surface area contributed by atoms with Crippen molar-refractivity contribution < 1.29 is 4.79 Å². The van der Waals surface area contributed by atoms with Crippen molar-refractivity contribution in [1.82, 2.24) is 20.4 Å². The van der Waals surface area contributed by atoms with Crippen molar-refractivity contribution in [3.8, 4) is 0 Å². The minimum absolute atomic E-state index is 0.0926. The maximum Gasteiger partial charge on any atom is 0.254 e. The first-order chi connectivity index (χ1) is 12.2. The molecule has 2 aromatic rings. The minimum atomic E-state index is 0.0926. The van der Waals surface area contributed by atoms with Gasteiger partial charge < -0.3 is 10.2 Å². The van der Waals surface area contributed by atoms with Crippen molar-refractivity contribution in [2.75, 3.05) is 20.1 Å². The molecule has 1 saturated heterocycles. The third-order valence-electron chi connectivity index (χ3n) is 5.57. The monoisotopic (exact) mass is 338 g/mol. The number of hydrogen-bond donors (Lipinski definition) is 2. The predicted octanol–water partition coefficient (Wildman–Crippen LogP) is 2.64. The van der Waals surface area contributed by atoms with E-state index in [9.17, 15) is 4.79 Å². The average Bonchev–Trinajstić information content (AvgIpc) is 3.32. The van der Waals surface area contributed by atoms with E-state index >= 15 is 0 Å². The van der Waals surface area contributed by atoms with Crippen LogP contribution in [0.4, 0.5) is 0 Å². The Balaban J connectivity index is 1.54. The maximum absolute atomic E-state index is 13.1. The van der Waals surface area contributed by atoms with E-state index in [1.165, 1.54) is 29.7 Å². The summed E-state index contributed by atoms with van der Waals surface area (Å²) in [5.74, 6) is 0.529. The molecule has 1 fully saturated rings. The van der Waals surface area contributed by atoms with Gasteiger partial charge in [0.15, 0.2) is 0 Å². The summed E-state index contributed by atoms with van der Waals surface area (Å²) in [6.07, 6.45) is 5.70. The lowest BCUT2D eigenvalue weighted by molar-refractivity contribution is 0.0781. The number of nitrogens with zero attached hydrogens (tertiary/aromatic N) is 2. The number of aryl methyl sites for hydroxylation is 1. The summed E-state index contributed by atoms with van der Waals surface area (Å²) >= 11 is 0. The Morgan fingerprint density at radius 3 is 2.96 bits per heavy atom. The van der Waals surface area contributed by atoms with Gasteiger partial charge in [-0.1, -0.05) is 18.2 Å². The van der Waals surface area contributed by atoms with Crippen LogP contribution < -0.4 is 5.32 Å². The quantitative estimate of drug-likeness (QED) is 0.901. The van der Waals surface area contributed by atoms with Gasteiger partial charge in [0.1, 0.15) is 0 Å². The largest absolute Gasteiger partial charge is 0.336 e. The zero-order valence-corrected chi connectivity index (χ0v) is 14.8. The van der Waals surface area contributed by atoms with E-state index in [4.69, 9.17) is 0 Å². The molecule has 0 spiro atoms. The zero-order chi connectivity index (χ0) is 17.2. The molecule has 1 amide bonds. The Morgan fingerprint density at radius 1 is 1.28 bits per heavy atom. The van der Waals surface area contributed by atoms with E-state index in [0.29, 0.717) is 12.5 Å². The predicted molar refractivity (Wildman–Crippen MR) is 97.7 cm³/mol. The first-order valence-electron chi connectivity index (χ1n) is 9.34. The van der Waals surface area contributed by atoms with E-state index in [2.05, 4.69) is 21.6 Å². The number of hydrogen-bond acceptors (Lipinski definition) is 3. The summed E-state index contributed by atoms with van der Waals surface area (Å²) < 4.78 is 0. The molecular formula is C20H26N4O. The van der Waals surface area contributed by atoms with Crippen LogP contribution in [0.2, 0.25) is 0 Å². The second kappa shape index (κ2) is 7.00. The smallest absolute Gasteiger partial charge is 0.254 e. The van der Waals surface area contributed by atoms with Gasteiger partial charge in [-0.2, -0.15) is 5.10 Å². The molecule has 0 bridgehead atoms. The molecule has 0 saturated carbocycles. The van der Waals surface area contributed by atoms with Crippen molar-refractivity contribution in [2.24, 2.45) is 0 Å². The standard InChI is InChI=1S/C20H26N4O/c1-24(13-19-17-8-4-5-9-18(17)22-23-19)20(25)16-7-3-2-6-15(16)14-10-11-21-12-14/h2-3,6-7,14,21H,4-5,8-13H2,1H3,(H,22,23). The Labute approximate surface area is 148 Å². The molecule has 1 atom stereocenters. The van der Waals surface area contributed by atoms with Crippen LogP contribution in [0.15, 0.2) is 24.3 Å². The number of amides is 1. The molecule has 5 heteroatoms. The normalized spacial score (nSPS) is 19.6. The number of fused-ring (bicyclic) bond motifs is 1. The summed E-state index contributed by atoms with van der Waals surface area (Å²) in [6.45, 7) is 2.56. The first-order valence-corrected chi connectivity index (χ1v) is 9.34. The number of carbonyl (C=O) groups excluding carboxylic acids is 1. The minimum Gasteiger partial charge on any atom is -0.336 e. The summed E-state index contributed by atoms with van der Waals surface area (Å²) in [7, 11) is 1.88. The van der Waals surface area contributed by atoms with Gasteiger partial charge in [-0.05, 0) is 61.8 Å². The number of aromatic nitrogens is 2. The van der Waals surface area contributed by atoms with Crippen LogP contribution in [0.1, 0.15) is 58.1 Å². The molecule has 1 aromatic heterocycles. The third kappa shape index (κ3) is 3.21. The van der Waals surface area contributed by atoms with Crippen molar-refractivity contribution in [3.05, 3.63) is 52.3 Å². The molecule has 2 heterocycles. The van der Waals surface area contributed by atoms with Gasteiger partial charge in [-0.3, -0.25) is 9.89 Å². The highest BCUT2D eigenvalue weighted by molar-refractivity contribution is 5.95. The van der Waals surface area contributed by atoms with Crippen LogP contribution in [0, 0.1) is 0 Å². The van der Waals surface area contributed by atoms with E-state index in [-0.39, 0.29) is 5.91 Å². The van der Waals surface area contributed by atoms with Crippen molar-refractivity contribution >= 4 is 5.91 Å². The molecule has 0 radical (unpaired) electrons. The van der Waals surface area contributed by atoms with E-state index < -0.39 is 0 Å². The van der Waals surface area contributed by atoms with Crippen LogP contribution in [0.3, 0.4) is 0 Å². The van der Waals surface area contributed by atoms with Gasteiger partial charge in [0.25, 0.3) is 5.91 Å². The highest BCUT2D eigenvalue weighted by atomic mass is 16.2. The molecule has 132 valence electrons. The van der Waals surface area contributed by atoms with Crippen molar-refractivity contribution in [3.63, 3.8) is 0 Å². The summed E-state index contributed by atoms with van der Waals surface area (Å²) in [5, 5.41) is 11.1. The SMILES string of the molecule is CN(Cc1n[nH]c2c1CCCC2)C(=O)c1ccccc1C1CCNC1. The lowest BCUT2D eigenvalue weighted by Crippen LogP contribution is -2.28. The molecule has 4 rings (SSSR count). The number of nitrogens with one attached hydrogen (secondary N) is 2. The van der Waals surface area contributed by atoms with Crippen LogP contribution in [-0.2, 0) is 19.4 Å². The topological polar surface area (TPSA) is 61.0 Å². The van der Waals surface area contributed by atoms with Crippen molar-refractivity contribution in [2.45, 2.75) is 44.6 Å². The highest BCUT2D eigenvalue weighted by Gasteiger charge is 2.25. The van der Waals surface area contributed by atoms with Crippen LogP contribution >= 0.6 is 0 Å². The molecule has 5 nitrogen and oxygen atoms in total. The first kappa shape index (κ1) is 16.3. The van der Waals surface area contributed by atoms with Crippen molar-refractivity contribution in [1.29, 1.82) is 0 Å². The van der Waals surface area contributed by atoms with Crippen LogP contribution in [0.25, 0.3) is 0 Å². The van der Waals surface area contributed by atoms with Gasteiger partial charge in [0.2, 0.25) is 0 Å². The van der Waals surface area contributed by atoms with Gasteiger partial charge in [0.05, 0.1) is 12.2 Å². The lowest BCUT2D eigenvalue weighted by atomic mass is 9.92. The molecule has 1 unspecified atom stereocenters. The lowest BCUT2D eigenvalue weighted by Gasteiger charge is -2.21. The van der Waals surface area contributed by atoms with Gasteiger partial charge in [0, 0.05) is 24.8 Å². The second-order valence-electron chi connectivity index (χ2n) is 7.27. The molecule has 1 aliphatic carbocycles. The second-order valence-corrected chi connectivity index (χ2v) is 7.27. The van der Waals surface area contributed by atoms with Crippen LogP contribution in [-0.4, -0.2) is 41.1 Å². The van der Waals surface area contributed by atoms with E-state index in [1.54, 1.807) is 0 Å². The van der Waals surface area contributed by atoms with Crippen LogP contribution in [0.5, 0.6) is 0 Å². The fourth-order valence-electron chi connectivity index (χ4n) is 4.15. The Bertz CT molecular complexity index is 761. The molecular weight excluding hydrogens is 312 g/mol. The van der Waals surface area contributed by atoms with Gasteiger partial charge in [-0.25, -0.2) is 0 Å².